The molecule has 0 radical (unpaired) electrons. The smallest absolute Gasteiger partial charge is 0.0708 e. The quantitative estimate of drug-likeness (QED) is 0.266. The van der Waals surface area contributed by atoms with E-state index < -0.39 is 0 Å². The van der Waals surface area contributed by atoms with Crippen molar-refractivity contribution in [2.24, 2.45) is 5.92 Å². The van der Waals surface area contributed by atoms with Gasteiger partial charge in [-0.1, -0.05) is 71.0 Å². The second-order valence-electron chi connectivity index (χ2n) is 10.5. The van der Waals surface area contributed by atoms with Gasteiger partial charge in [-0.05, 0) is 87.0 Å². The highest BCUT2D eigenvalue weighted by atomic mass is 32.1. The monoisotopic (exact) mass is 449 g/mol. The molecule has 2 heteroatoms. The van der Waals surface area contributed by atoms with Crippen molar-refractivity contribution in [1.82, 2.24) is 4.98 Å². The minimum absolute atomic E-state index is 0.0606. The summed E-state index contributed by atoms with van der Waals surface area (Å²) in [5.74, 6) is 0.681. The van der Waals surface area contributed by atoms with Gasteiger partial charge in [0, 0.05) is 21.3 Å². The van der Waals surface area contributed by atoms with Crippen molar-refractivity contribution < 1.29 is 0 Å². The first-order valence-corrected chi connectivity index (χ1v) is 12.6. The number of fused-ring (bicyclic) bond motifs is 2. The molecule has 0 bridgehead atoms. The third kappa shape index (κ3) is 4.45. The van der Waals surface area contributed by atoms with Gasteiger partial charge >= 0.3 is 0 Å². The van der Waals surface area contributed by atoms with E-state index in [0.29, 0.717) is 5.92 Å². The van der Waals surface area contributed by atoms with E-state index in [9.17, 15) is 0 Å². The molecular weight excluding hydrogens is 418 g/mol. The fraction of sp³-hybridized carbons (Fsp3) is 0.258. The van der Waals surface area contributed by atoms with Gasteiger partial charge in [0.15, 0.2) is 0 Å². The van der Waals surface area contributed by atoms with Crippen LogP contribution in [0.3, 0.4) is 0 Å². The highest BCUT2D eigenvalue weighted by Crippen LogP contribution is 2.36. The average molecular weight is 450 g/mol. The van der Waals surface area contributed by atoms with Crippen LogP contribution in [0.15, 0.2) is 79.0 Å². The second kappa shape index (κ2) is 8.43. The van der Waals surface area contributed by atoms with Crippen LogP contribution in [0.1, 0.15) is 45.1 Å². The van der Waals surface area contributed by atoms with Crippen molar-refractivity contribution in [3.63, 3.8) is 0 Å². The Morgan fingerprint density at radius 2 is 1.58 bits per heavy atom. The van der Waals surface area contributed by atoms with Gasteiger partial charge in [0.2, 0.25) is 0 Å². The zero-order valence-electron chi connectivity index (χ0n) is 20.1. The maximum absolute atomic E-state index is 4.77. The zero-order valence-corrected chi connectivity index (χ0v) is 21.0. The van der Waals surface area contributed by atoms with Crippen LogP contribution in [0.2, 0.25) is 0 Å². The molecule has 0 unspecified atom stereocenters. The Balaban J connectivity index is 1.58. The van der Waals surface area contributed by atoms with E-state index in [1.165, 1.54) is 48.0 Å². The van der Waals surface area contributed by atoms with Gasteiger partial charge in [-0.3, -0.25) is 4.98 Å². The molecule has 2 aromatic heterocycles. The van der Waals surface area contributed by atoms with E-state index in [1.807, 2.05) is 17.5 Å². The lowest BCUT2D eigenvalue weighted by Gasteiger charge is -2.22. The van der Waals surface area contributed by atoms with Crippen molar-refractivity contribution in [1.29, 1.82) is 0 Å². The molecular formula is C31H31NS. The first-order chi connectivity index (χ1) is 15.8. The largest absolute Gasteiger partial charge is 0.256 e. The molecule has 0 saturated carbocycles. The molecule has 3 aromatic carbocycles. The van der Waals surface area contributed by atoms with Crippen molar-refractivity contribution in [3.8, 4) is 22.4 Å². The molecule has 5 rings (SSSR count). The summed E-state index contributed by atoms with van der Waals surface area (Å²) in [7, 11) is 0. The van der Waals surface area contributed by atoms with E-state index in [0.717, 1.165) is 12.1 Å². The number of pyridine rings is 1. The van der Waals surface area contributed by atoms with Gasteiger partial charge in [0.1, 0.15) is 0 Å². The van der Waals surface area contributed by atoms with E-state index >= 15 is 0 Å². The average Bonchev–Trinajstić information content (AvgIpc) is 3.18. The summed E-state index contributed by atoms with van der Waals surface area (Å²) in [6.07, 6.45) is 3.09. The third-order valence-electron chi connectivity index (χ3n) is 6.24. The van der Waals surface area contributed by atoms with E-state index in [1.54, 1.807) is 0 Å². The Kier molecular flexibility index (Phi) is 5.58. The third-order valence-corrected chi connectivity index (χ3v) is 7.36. The Bertz CT molecular complexity index is 1450. The number of hydrogen-bond donors (Lipinski definition) is 0. The fourth-order valence-electron chi connectivity index (χ4n) is 4.62. The molecule has 0 spiro atoms. The number of aromatic nitrogens is 1. The molecule has 1 nitrogen and oxygen atoms in total. The Morgan fingerprint density at radius 1 is 0.788 bits per heavy atom. The number of hydrogen-bond acceptors (Lipinski definition) is 2. The summed E-state index contributed by atoms with van der Waals surface area (Å²) in [5, 5.41) is 3.94. The summed E-state index contributed by atoms with van der Waals surface area (Å²) in [5.41, 5.74) is 6.09. The fourth-order valence-corrected chi connectivity index (χ4v) is 5.93. The summed E-state index contributed by atoms with van der Waals surface area (Å²) in [6, 6.07) is 26.8. The van der Waals surface area contributed by atoms with Crippen LogP contribution in [0.5, 0.6) is 0 Å². The lowest BCUT2D eigenvalue weighted by atomic mass is 9.82. The maximum Gasteiger partial charge on any atom is 0.0708 e. The van der Waals surface area contributed by atoms with Crippen molar-refractivity contribution >= 4 is 32.2 Å². The first kappa shape index (κ1) is 21.9. The van der Waals surface area contributed by atoms with Gasteiger partial charge in [-0.25, -0.2) is 0 Å². The number of nitrogens with zero attached hydrogens (tertiary/aromatic N) is 1. The molecule has 0 amide bonds. The van der Waals surface area contributed by atoms with E-state index in [4.69, 9.17) is 4.98 Å². The molecule has 0 atom stereocenters. The molecule has 0 aliphatic rings. The van der Waals surface area contributed by atoms with Gasteiger partial charge in [-0.2, -0.15) is 0 Å². The Hall–Kier alpha value is -2.97. The van der Waals surface area contributed by atoms with Gasteiger partial charge in [0.05, 0.1) is 5.69 Å². The Morgan fingerprint density at radius 3 is 2.36 bits per heavy atom. The van der Waals surface area contributed by atoms with Crippen LogP contribution in [-0.4, -0.2) is 4.98 Å². The van der Waals surface area contributed by atoms with Gasteiger partial charge < -0.3 is 0 Å². The maximum atomic E-state index is 4.77. The predicted molar refractivity (Wildman–Crippen MR) is 145 cm³/mol. The molecule has 0 saturated heterocycles. The van der Waals surface area contributed by atoms with Gasteiger partial charge in [0.25, 0.3) is 0 Å². The Labute approximate surface area is 201 Å². The molecule has 2 heterocycles. The van der Waals surface area contributed by atoms with Crippen molar-refractivity contribution in [2.75, 3.05) is 0 Å². The zero-order chi connectivity index (χ0) is 23.2. The van der Waals surface area contributed by atoms with Crippen LogP contribution < -0.4 is 0 Å². The lowest BCUT2D eigenvalue weighted by molar-refractivity contribution is 0.596. The molecule has 0 aliphatic carbocycles. The predicted octanol–water partition coefficient (Wildman–Crippen LogP) is 9.28. The summed E-state index contributed by atoms with van der Waals surface area (Å²) < 4.78 is 1.36. The highest BCUT2D eigenvalue weighted by Gasteiger charge is 2.18. The van der Waals surface area contributed by atoms with Crippen LogP contribution in [0.25, 0.3) is 43.2 Å². The number of thiophene rings is 1. The molecule has 0 aliphatic heterocycles. The first-order valence-electron chi connectivity index (χ1n) is 11.8. The van der Waals surface area contributed by atoms with Crippen molar-refractivity contribution in [2.45, 2.75) is 46.5 Å². The molecule has 33 heavy (non-hydrogen) atoms. The molecule has 0 N–H and O–H groups in total. The molecule has 0 fully saturated rings. The van der Waals surface area contributed by atoms with Crippen LogP contribution in [0, 0.1) is 5.92 Å². The highest BCUT2D eigenvalue weighted by molar-refractivity contribution is 7.19. The van der Waals surface area contributed by atoms with Crippen LogP contribution in [-0.2, 0) is 11.8 Å². The minimum atomic E-state index is 0.0606. The number of rotatable bonds is 4. The number of benzene rings is 3. The summed E-state index contributed by atoms with van der Waals surface area (Å²) in [6.45, 7) is 11.4. The molecule has 5 aromatic rings. The summed E-state index contributed by atoms with van der Waals surface area (Å²) in [4.78, 5) is 6.24. The van der Waals surface area contributed by atoms with Crippen LogP contribution in [0.4, 0.5) is 0 Å². The standard InChI is InChI=1S/C31H31NS/c1-20(2)14-26-16-24-11-10-21(19-30(24)33-26)22-12-13-32-29(18-22)25-15-23-8-6-7-9-27(23)28(17-25)31(3,4)5/h6-13,15-20H,14H2,1-5H3. The van der Waals surface area contributed by atoms with Gasteiger partial charge in [-0.15, -0.1) is 11.3 Å². The normalized spacial score (nSPS) is 12.2. The van der Waals surface area contributed by atoms with Crippen LogP contribution >= 0.6 is 11.3 Å². The van der Waals surface area contributed by atoms with Crippen molar-refractivity contribution in [3.05, 3.63) is 89.4 Å². The summed E-state index contributed by atoms with van der Waals surface area (Å²) >= 11 is 1.93. The molecule has 166 valence electrons. The van der Waals surface area contributed by atoms with E-state index in [2.05, 4.69) is 107 Å². The topological polar surface area (TPSA) is 12.9 Å². The lowest BCUT2D eigenvalue weighted by Crippen LogP contribution is -2.12. The minimum Gasteiger partial charge on any atom is -0.256 e. The SMILES string of the molecule is CC(C)Cc1cc2ccc(-c3ccnc(-c4cc(C(C)(C)C)c5ccccc5c4)c3)cc2s1. The second-order valence-corrected chi connectivity index (χ2v) is 11.7. The van der Waals surface area contributed by atoms with E-state index in [-0.39, 0.29) is 5.41 Å².